The zero-order valence-electron chi connectivity index (χ0n) is 12.0. The molecule has 0 atom stereocenters. The third-order valence-corrected chi connectivity index (χ3v) is 3.35. The van der Waals surface area contributed by atoms with Gasteiger partial charge in [0.05, 0.1) is 0 Å². The molecule has 20 heavy (non-hydrogen) atoms. The molecular formula is C15H19N3O2. The molecule has 0 bridgehead atoms. The highest BCUT2D eigenvalue weighted by atomic mass is 16.2. The van der Waals surface area contributed by atoms with Crippen molar-refractivity contribution in [2.75, 3.05) is 23.7 Å². The fourth-order valence-corrected chi connectivity index (χ4v) is 1.92. The first-order chi connectivity index (χ1) is 9.47. The average molecular weight is 273 g/mol. The highest BCUT2D eigenvalue weighted by molar-refractivity contribution is 6.04. The first kappa shape index (κ1) is 14.3. The first-order valence-electron chi connectivity index (χ1n) is 6.56. The number of anilines is 2. The van der Waals surface area contributed by atoms with Gasteiger partial charge in [-0.05, 0) is 37.1 Å². The van der Waals surface area contributed by atoms with E-state index in [0.29, 0.717) is 11.4 Å². The van der Waals surface area contributed by atoms with Crippen LogP contribution in [0.15, 0.2) is 29.3 Å². The number of carbonyl (C=O) groups excluding carboxylic acids is 2. The van der Waals surface area contributed by atoms with Crippen molar-refractivity contribution in [2.45, 2.75) is 20.8 Å². The average Bonchev–Trinajstić information content (AvgIpc) is 2.30. The zero-order valence-corrected chi connectivity index (χ0v) is 12.0. The van der Waals surface area contributed by atoms with Gasteiger partial charge in [-0.25, -0.2) is 0 Å². The summed E-state index contributed by atoms with van der Waals surface area (Å²) in [6.07, 6.45) is 0. The maximum absolute atomic E-state index is 12.1. The lowest BCUT2D eigenvalue weighted by Gasteiger charge is -2.21. The van der Waals surface area contributed by atoms with Crippen molar-refractivity contribution in [2.24, 2.45) is 0 Å². The summed E-state index contributed by atoms with van der Waals surface area (Å²) in [6, 6.07) is 5.47. The molecule has 5 heteroatoms. The minimum atomic E-state index is -0.129. The Balaban J connectivity index is 2.13. The standard InChI is InChI=1S/C15H19N3O2/c1-9-4-5-13(6-14(9)17-11(3)19)18-15(20)10(2)12-7-16-8-12/h4-6,16H,7-8H2,1-3H3,(H,17,19)(H,18,20). The van der Waals surface area contributed by atoms with Crippen molar-refractivity contribution >= 4 is 23.2 Å². The summed E-state index contributed by atoms with van der Waals surface area (Å²) in [5.41, 5.74) is 4.24. The second-order valence-corrected chi connectivity index (χ2v) is 5.00. The molecule has 0 unspecified atom stereocenters. The number of hydrogen-bond acceptors (Lipinski definition) is 3. The zero-order chi connectivity index (χ0) is 14.7. The van der Waals surface area contributed by atoms with Gasteiger partial charge in [-0.1, -0.05) is 6.07 Å². The van der Waals surface area contributed by atoms with Gasteiger partial charge in [0.25, 0.3) is 5.91 Å². The van der Waals surface area contributed by atoms with Crippen LogP contribution in [-0.2, 0) is 9.59 Å². The predicted octanol–water partition coefficient (Wildman–Crippen LogP) is 1.81. The number of benzene rings is 1. The van der Waals surface area contributed by atoms with Crippen molar-refractivity contribution in [3.05, 3.63) is 34.9 Å². The van der Waals surface area contributed by atoms with Crippen molar-refractivity contribution in [3.8, 4) is 0 Å². The molecule has 1 aromatic carbocycles. The van der Waals surface area contributed by atoms with E-state index in [1.54, 1.807) is 6.07 Å². The summed E-state index contributed by atoms with van der Waals surface area (Å²) in [7, 11) is 0. The molecule has 1 fully saturated rings. The molecule has 2 amide bonds. The third-order valence-electron chi connectivity index (χ3n) is 3.35. The summed E-state index contributed by atoms with van der Waals surface area (Å²) in [5.74, 6) is -0.227. The van der Waals surface area contributed by atoms with E-state index in [1.807, 2.05) is 26.0 Å². The molecule has 0 aromatic heterocycles. The van der Waals surface area contributed by atoms with Crippen LogP contribution in [0.3, 0.4) is 0 Å². The summed E-state index contributed by atoms with van der Waals surface area (Å²) < 4.78 is 0. The van der Waals surface area contributed by atoms with E-state index in [0.717, 1.165) is 29.8 Å². The molecule has 0 saturated carbocycles. The summed E-state index contributed by atoms with van der Waals surface area (Å²) in [6.45, 7) is 6.76. The fourth-order valence-electron chi connectivity index (χ4n) is 1.92. The summed E-state index contributed by atoms with van der Waals surface area (Å²) in [5, 5.41) is 8.72. The number of aryl methyl sites for hydroxylation is 1. The van der Waals surface area contributed by atoms with E-state index < -0.39 is 0 Å². The highest BCUT2D eigenvalue weighted by Gasteiger charge is 2.16. The summed E-state index contributed by atoms with van der Waals surface area (Å²) in [4.78, 5) is 23.2. The van der Waals surface area contributed by atoms with Crippen LogP contribution in [0.25, 0.3) is 0 Å². The number of amides is 2. The SMILES string of the molecule is CC(=O)Nc1cc(NC(=O)C(C)=C2CNC2)ccc1C. The van der Waals surface area contributed by atoms with Crippen LogP contribution in [0, 0.1) is 6.92 Å². The van der Waals surface area contributed by atoms with Crippen molar-refractivity contribution in [1.82, 2.24) is 5.32 Å². The molecule has 0 aliphatic carbocycles. The molecule has 0 spiro atoms. The van der Waals surface area contributed by atoms with Crippen molar-refractivity contribution < 1.29 is 9.59 Å². The van der Waals surface area contributed by atoms with Crippen LogP contribution < -0.4 is 16.0 Å². The van der Waals surface area contributed by atoms with E-state index >= 15 is 0 Å². The second kappa shape index (κ2) is 5.88. The van der Waals surface area contributed by atoms with Gasteiger partial charge in [-0.3, -0.25) is 9.59 Å². The molecule has 106 valence electrons. The summed E-state index contributed by atoms with van der Waals surface area (Å²) >= 11 is 0. The lowest BCUT2D eigenvalue weighted by molar-refractivity contribution is -0.114. The maximum Gasteiger partial charge on any atom is 0.251 e. The Morgan fingerprint density at radius 3 is 2.40 bits per heavy atom. The maximum atomic E-state index is 12.1. The molecule has 5 nitrogen and oxygen atoms in total. The molecule has 1 aliphatic rings. The number of nitrogens with one attached hydrogen (secondary N) is 3. The monoisotopic (exact) mass is 273 g/mol. The Labute approximate surface area is 118 Å². The van der Waals surface area contributed by atoms with E-state index in [-0.39, 0.29) is 11.8 Å². The van der Waals surface area contributed by atoms with E-state index in [1.165, 1.54) is 6.92 Å². The lowest BCUT2D eigenvalue weighted by atomic mass is 10.0. The smallest absolute Gasteiger partial charge is 0.251 e. The molecule has 1 heterocycles. The minimum absolute atomic E-state index is 0.0980. The number of hydrogen-bond donors (Lipinski definition) is 3. The Hall–Kier alpha value is -2.14. The van der Waals surface area contributed by atoms with Crippen LogP contribution in [0.5, 0.6) is 0 Å². The van der Waals surface area contributed by atoms with Crippen LogP contribution in [0.2, 0.25) is 0 Å². The Kier molecular flexibility index (Phi) is 4.20. The topological polar surface area (TPSA) is 70.2 Å². The van der Waals surface area contributed by atoms with Crippen molar-refractivity contribution in [3.63, 3.8) is 0 Å². The lowest BCUT2D eigenvalue weighted by Crippen LogP contribution is -2.36. The van der Waals surface area contributed by atoms with E-state index in [9.17, 15) is 9.59 Å². The Bertz CT molecular complexity index is 585. The van der Waals surface area contributed by atoms with Crippen LogP contribution >= 0.6 is 0 Å². The van der Waals surface area contributed by atoms with Gasteiger partial charge in [-0.2, -0.15) is 0 Å². The van der Waals surface area contributed by atoms with Gasteiger partial charge in [0, 0.05) is 37.0 Å². The second-order valence-electron chi connectivity index (χ2n) is 5.00. The highest BCUT2D eigenvalue weighted by Crippen LogP contribution is 2.21. The van der Waals surface area contributed by atoms with E-state index in [4.69, 9.17) is 0 Å². The van der Waals surface area contributed by atoms with Crippen LogP contribution in [0.4, 0.5) is 11.4 Å². The Morgan fingerprint density at radius 1 is 1.15 bits per heavy atom. The normalized spacial score (nSPS) is 13.4. The van der Waals surface area contributed by atoms with Crippen molar-refractivity contribution in [1.29, 1.82) is 0 Å². The molecule has 1 saturated heterocycles. The molecule has 1 aromatic rings. The van der Waals surface area contributed by atoms with Gasteiger partial charge in [-0.15, -0.1) is 0 Å². The molecule has 3 N–H and O–H groups in total. The molecule has 1 aliphatic heterocycles. The quantitative estimate of drug-likeness (QED) is 0.736. The largest absolute Gasteiger partial charge is 0.326 e. The van der Waals surface area contributed by atoms with Gasteiger partial charge >= 0.3 is 0 Å². The van der Waals surface area contributed by atoms with Gasteiger partial charge in [0.1, 0.15) is 0 Å². The predicted molar refractivity (Wildman–Crippen MR) is 79.7 cm³/mol. The third kappa shape index (κ3) is 3.24. The van der Waals surface area contributed by atoms with Gasteiger partial charge in [0.2, 0.25) is 5.91 Å². The Morgan fingerprint density at radius 2 is 1.85 bits per heavy atom. The molecular weight excluding hydrogens is 254 g/mol. The van der Waals surface area contributed by atoms with Crippen LogP contribution in [-0.4, -0.2) is 24.9 Å². The fraction of sp³-hybridized carbons (Fsp3) is 0.333. The minimum Gasteiger partial charge on any atom is -0.326 e. The van der Waals surface area contributed by atoms with Crippen LogP contribution in [0.1, 0.15) is 19.4 Å². The van der Waals surface area contributed by atoms with Gasteiger partial charge in [0.15, 0.2) is 0 Å². The van der Waals surface area contributed by atoms with Gasteiger partial charge < -0.3 is 16.0 Å². The number of rotatable bonds is 3. The van der Waals surface area contributed by atoms with E-state index in [2.05, 4.69) is 16.0 Å². The first-order valence-corrected chi connectivity index (χ1v) is 6.56. The number of carbonyl (C=O) groups is 2. The molecule has 0 radical (unpaired) electrons. The molecule has 2 rings (SSSR count).